The standard InChI is InChI=1S/4C21H23P3.C21H22P2.C15H19P3/c22-12-15-1-5-17(6-2-15)19-9-10-21(20(11-19)14-24)18-7-3-16(13-23)4-8-18;2*22-12-15-1-5-17(6-2-15)19-9-10-20(14-24)21(11-19)18-7-3-16(13-23)4-8-18;22-12-15-1-4-17(5-2-15)18-6-8-19(9-7-18)21-10-3-16(13-23)11-20(21)14-24;1-15-5-10-21(20(11-15)14-23)19-4-2-3-18(12-19)17-8-6-16(13-22)7-9-17;16-8-11-1-4-13(5-2-11)15-6-3-12(9-17)7-14(15)10-18/h4*1-11H,12-14,22-24H2;2-12H,13-14,22-23H2,1H3;1-7H,8-10,16-18H2. The molecule has 0 spiro atoms. The van der Waals surface area contributed by atoms with Crippen LogP contribution in [0.3, 0.4) is 0 Å². The maximum Gasteiger partial charge on any atom is -0.0122 e. The molecule has 17 aromatic rings. The summed E-state index contributed by atoms with van der Waals surface area (Å²) in [6, 6.07) is 138. The van der Waals surface area contributed by atoms with Gasteiger partial charge in [-0.3, -0.25) is 0 Å². The summed E-state index contributed by atoms with van der Waals surface area (Å²) in [7, 11) is 47.7. The monoisotopic (exact) mass is 2100 g/mol. The fourth-order valence-electron chi connectivity index (χ4n) is 16.4. The molecule has 698 valence electrons. The van der Waals surface area contributed by atoms with E-state index in [2.05, 4.69) is 540 Å². The highest BCUT2D eigenvalue weighted by Crippen LogP contribution is 2.40. The molecule has 0 saturated heterocycles. The molecular formula is C120H133P17. The fraction of sp³-hybridized carbons (Fsp3) is 0.150. The summed E-state index contributed by atoms with van der Waals surface area (Å²) >= 11 is 0. The van der Waals surface area contributed by atoms with E-state index in [1.165, 1.54) is 223 Å². The molecule has 0 radical (unpaired) electrons. The highest BCUT2D eigenvalue weighted by molar-refractivity contribution is 7.18. The van der Waals surface area contributed by atoms with E-state index in [9.17, 15) is 0 Å². The minimum absolute atomic E-state index is 0.957. The van der Waals surface area contributed by atoms with Crippen LogP contribution < -0.4 is 0 Å². The Bertz CT molecular complexity index is 6490. The second kappa shape index (κ2) is 58.1. The highest BCUT2D eigenvalue weighted by atomic mass is 31.0. The lowest BCUT2D eigenvalue weighted by atomic mass is 9.94. The van der Waals surface area contributed by atoms with Crippen LogP contribution in [0.4, 0.5) is 0 Å². The van der Waals surface area contributed by atoms with E-state index >= 15 is 0 Å². The van der Waals surface area contributed by atoms with Gasteiger partial charge in [-0.2, -0.15) is 0 Å². The van der Waals surface area contributed by atoms with Crippen LogP contribution >= 0.6 is 157 Å². The van der Waals surface area contributed by atoms with E-state index in [4.69, 9.17) is 0 Å². The van der Waals surface area contributed by atoms with Crippen LogP contribution in [-0.2, 0) is 105 Å². The average Bonchev–Trinajstić information content (AvgIpc) is 0.811. The summed E-state index contributed by atoms with van der Waals surface area (Å²) < 4.78 is 0. The fourth-order valence-corrected chi connectivity index (χ4v) is 21.4. The lowest BCUT2D eigenvalue weighted by molar-refractivity contribution is 1.33. The van der Waals surface area contributed by atoms with E-state index in [1.807, 2.05) is 0 Å². The third-order valence-corrected chi connectivity index (χ3v) is 32.5. The Kier molecular flexibility index (Phi) is 46.6. The summed E-state index contributed by atoms with van der Waals surface area (Å²) in [6.45, 7) is 2.15. The molecule has 0 bridgehead atoms. The molecule has 17 rings (SSSR count). The van der Waals surface area contributed by atoms with Gasteiger partial charge in [-0.25, -0.2) is 0 Å². The van der Waals surface area contributed by atoms with Gasteiger partial charge in [0.1, 0.15) is 0 Å². The molecule has 17 unspecified atom stereocenters. The molecule has 17 atom stereocenters. The molecule has 0 fully saturated rings. The molecule has 17 heteroatoms. The van der Waals surface area contributed by atoms with E-state index in [0.717, 1.165) is 105 Å². The van der Waals surface area contributed by atoms with Crippen LogP contribution in [0, 0.1) is 6.92 Å². The maximum atomic E-state index is 2.87. The summed E-state index contributed by atoms with van der Waals surface area (Å²) in [6.07, 6.45) is 16.9. The van der Waals surface area contributed by atoms with Gasteiger partial charge in [-0.05, 0) is 347 Å². The molecule has 0 aliphatic rings. The van der Waals surface area contributed by atoms with Crippen molar-refractivity contribution in [2.24, 2.45) is 0 Å². The highest BCUT2D eigenvalue weighted by Gasteiger charge is 2.16. The lowest BCUT2D eigenvalue weighted by Gasteiger charge is -2.12. The molecule has 0 saturated carbocycles. The van der Waals surface area contributed by atoms with Gasteiger partial charge in [-0.15, -0.1) is 157 Å². The molecule has 0 heterocycles. The Morgan fingerprint density at radius 3 is 0.584 bits per heavy atom. The summed E-state index contributed by atoms with van der Waals surface area (Å²) in [4.78, 5) is 0. The van der Waals surface area contributed by atoms with E-state index in [-0.39, 0.29) is 0 Å². The van der Waals surface area contributed by atoms with E-state index in [0.29, 0.717) is 0 Å². The topological polar surface area (TPSA) is 0 Å². The minimum atomic E-state index is 0.957. The van der Waals surface area contributed by atoms with Crippen molar-refractivity contribution in [3.8, 4) is 122 Å². The number of hydrogen-bond donors (Lipinski definition) is 0. The zero-order valence-corrected chi connectivity index (χ0v) is 98.3. The third kappa shape index (κ3) is 31.5. The largest absolute Gasteiger partial charge is 0.133 e. The van der Waals surface area contributed by atoms with Crippen LogP contribution in [0.5, 0.6) is 0 Å². The zero-order chi connectivity index (χ0) is 97.0. The van der Waals surface area contributed by atoms with Crippen molar-refractivity contribution < 1.29 is 0 Å². The second-order valence-corrected chi connectivity index (χ2v) is 40.6. The molecule has 0 aliphatic heterocycles. The Labute approximate surface area is 860 Å². The molecule has 0 aliphatic carbocycles. The Morgan fingerprint density at radius 1 is 0.117 bits per heavy atom. The molecule has 0 aromatic heterocycles. The molecule has 0 nitrogen and oxygen atoms in total. The summed E-state index contributed by atoms with van der Waals surface area (Å²) in [5.74, 6) is 0. The number of aryl methyl sites for hydroxylation is 1. The third-order valence-electron chi connectivity index (χ3n) is 24.7. The van der Waals surface area contributed by atoms with Crippen LogP contribution in [0.1, 0.15) is 100 Å². The van der Waals surface area contributed by atoms with Crippen molar-refractivity contribution in [1.82, 2.24) is 0 Å². The first-order chi connectivity index (χ1) is 67.0. The van der Waals surface area contributed by atoms with Gasteiger partial charge in [-0.1, -0.05) is 363 Å². The molecule has 137 heavy (non-hydrogen) atoms. The van der Waals surface area contributed by atoms with Gasteiger partial charge >= 0.3 is 0 Å². The van der Waals surface area contributed by atoms with Crippen LogP contribution in [0.15, 0.2) is 376 Å². The maximum absolute atomic E-state index is 2.87. The summed E-state index contributed by atoms with van der Waals surface area (Å²) in [5.41, 5.74) is 52.9. The van der Waals surface area contributed by atoms with Gasteiger partial charge in [0, 0.05) is 0 Å². The Hall–Kier alpha value is -5.95. The first-order valence-corrected chi connectivity index (χ1v) is 60.5. The SMILES string of the molecule is Cc1ccc(-c2cccc(-c3ccc(CP)cc3)c2)c(CP)c1.PCc1ccc(-c2ccc(-c3ccc(CP)cc3)c(CP)c2)cc1.PCc1ccc(-c2ccc(-c3ccc(CP)cc3CP)cc2)cc1.PCc1ccc(-c2ccc(CP)c(-c3ccc(CP)cc3)c2)cc1.PCc1ccc(-c2ccc(CP)c(-c3ccc(CP)cc3)c2)cc1.PCc1ccc(-c2ccc(CP)cc2CP)cc1. The lowest BCUT2D eigenvalue weighted by Crippen LogP contribution is -1.89. The van der Waals surface area contributed by atoms with Crippen LogP contribution in [0.2, 0.25) is 0 Å². The van der Waals surface area contributed by atoms with Gasteiger partial charge in [0.15, 0.2) is 0 Å². The summed E-state index contributed by atoms with van der Waals surface area (Å²) in [5, 5.41) is 0. The van der Waals surface area contributed by atoms with Crippen molar-refractivity contribution >= 4 is 157 Å². The van der Waals surface area contributed by atoms with E-state index in [1.54, 1.807) is 0 Å². The predicted octanol–water partition coefficient (Wildman–Crippen LogP) is 35.1. The minimum Gasteiger partial charge on any atom is -0.133 e. The number of hydrogen-bond acceptors (Lipinski definition) is 0. The smallest absolute Gasteiger partial charge is 0.0122 e. The second-order valence-electron chi connectivity index (χ2n) is 33.7. The first kappa shape index (κ1) is 110. The zero-order valence-electron chi connectivity index (χ0n) is 78.6. The number of rotatable bonds is 28. The normalized spacial score (nSPS) is 10.8. The Morgan fingerprint density at radius 2 is 0.299 bits per heavy atom. The van der Waals surface area contributed by atoms with Crippen molar-refractivity contribution in [1.29, 1.82) is 0 Å². The van der Waals surface area contributed by atoms with Crippen molar-refractivity contribution in [2.75, 3.05) is 0 Å². The molecular weight excluding hydrogens is 1970 g/mol. The molecule has 0 amide bonds. The predicted molar refractivity (Wildman–Crippen MR) is 671 cm³/mol. The van der Waals surface area contributed by atoms with Gasteiger partial charge in [0.25, 0.3) is 0 Å². The first-order valence-electron chi connectivity index (χ1n) is 46.7. The van der Waals surface area contributed by atoms with Crippen LogP contribution in [0.25, 0.3) is 122 Å². The van der Waals surface area contributed by atoms with Gasteiger partial charge < -0.3 is 0 Å². The molecule has 0 N–H and O–H groups in total. The van der Waals surface area contributed by atoms with Crippen molar-refractivity contribution in [2.45, 2.75) is 112 Å². The average molecular weight is 2100 g/mol. The van der Waals surface area contributed by atoms with Crippen LogP contribution in [-0.4, -0.2) is 0 Å². The van der Waals surface area contributed by atoms with Gasteiger partial charge in [0.2, 0.25) is 0 Å². The number of benzene rings is 17. The van der Waals surface area contributed by atoms with Crippen molar-refractivity contribution in [3.63, 3.8) is 0 Å². The van der Waals surface area contributed by atoms with Gasteiger partial charge in [0.05, 0.1) is 0 Å². The van der Waals surface area contributed by atoms with E-state index < -0.39 is 0 Å². The van der Waals surface area contributed by atoms with Crippen molar-refractivity contribution in [3.05, 3.63) is 476 Å². The molecule has 17 aromatic carbocycles. The quantitative estimate of drug-likeness (QED) is 0.0429. The Balaban J connectivity index is 0.000000148.